The van der Waals surface area contributed by atoms with E-state index in [-0.39, 0.29) is 0 Å². The highest BCUT2D eigenvalue weighted by molar-refractivity contribution is 6.89. The van der Waals surface area contributed by atoms with Crippen LogP contribution in [0.5, 0.6) is 0 Å². The lowest BCUT2D eigenvalue weighted by atomic mass is 9.79. The Bertz CT molecular complexity index is 506. The molecular formula is C19H29NSi. The van der Waals surface area contributed by atoms with Gasteiger partial charge in [0.15, 0.2) is 0 Å². The molecule has 1 aliphatic heterocycles. The zero-order chi connectivity index (χ0) is 14.9. The summed E-state index contributed by atoms with van der Waals surface area (Å²) in [6, 6.07) is 13.4. The Morgan fingerprint density at radius 3 is 2.67 bits per heavy atom. The topological polar surface area (TPSA) is 3.24 Å². The van der Waals surface area contributed by atoms with Crippen molar-refractivity contribution in [3.05, 3.63) is 42.0 Å². The molecule has 0 bridgehead atoms. The van der Waals surface area contributed by atoms with Crippen LogP contribution in [0, 0.1) is 5.92 Å². The lowest BCUT2D eigenvalue weighted by Gasteiger charge is -2.43. The first-order valence-electron chi connectivity index (χ1n) is 8.53. The van der Waals surface area contributed by atoms with Crippen molar-refractivity contribution < 1.29 is 0 Å². The maximum absolute atomic E-state index is 2.60. The van der Waals surface area contributed by atoms with Gasteiger partial charge in [0.2, 0.25) is 0 Å². The quantitative estimate of drug-likeness (QED) is 0.601. The molecule has 1 fully saturated rings. The first kappa shape index (κ1) is 15.0. The van der Waals surface area contributed by atoms with E-state index >= 15 is 0 Å². The van der Waals surface area contributed by atoms with E-state index in [4.69, 9.17) is 0 Å². The number of rotatable bonds is 3. The third-order valence-electron chi connectivity index (χ3n) is 5.59. The van der Waals surface area contributed by atoms with Gasteiger partial charge in [-0.1, -0.05) is 66.7 Å². The third-order valence-corrected chi connectivity index (χ3v) is 9.00. The molecule has 0 radical (unpaired) electrons. The summed E-state index contributed by atoms with van der Waals surface area (Å²) in [5, 5.41) is 1.62. The molecule has 3 rings (SSSR count). The summed E-state index contributed by atoms with van der Waals surface area (Å²) in [5.74, 6) is 0.841. The highest BCUT2D eigenvalue weighted by Crippen LogP contribution is 2.39. The number of nitrogens with zero attached hydrogens (tertiary/aromatic N) is 1. The molecule has 0 unspecified atom stereocenters. The number of fused-ring (bicyclic) bond motifs is 1. The van der Waals surface area contributed by atoms with Crippen LogP contribution in [0.25, 0.3) is 0 Å². The SMILES string of the molecule is CN1CCC=C2[C@H](C[Si](C)(C)c3ccccc3)CCC[C@H]21. The molecule has 1 heterocycles. The van der Waals surface area contributed by atoms with Gasteiger partial charge in [-0.05, 0) is 38.3 Å². The molecule has 2 atom stereocenters. The molecule has 2 heteroatoms. The fraction of sp³-hybridized carbons (Fsp3) is 0.579. The summed E-state index contributed by atoms with van der Waals surface area (Å²) in [7, 11) is 0.995. The largest absolute Gasteiger partial charge is 0.299 e. The predicted octanol–water partition coefficient (Wildman–Crippen LogP) is 4.03. The molecular weight excluding hydrogens is 270 g/mol. The van der Waals surface area contributed by atoms with Gasteiger partial charge in [-0.3, -0.25) is 4.90 Å². The summed E-state index contributed by atoms with van der Waals surface area (Å²) >= 11 is 0. The Labute approximate surface area is 131 Å². The molecule has 1 saturated carbocycles. The van der Waals surface area contributed by atoms with Crippen LogP contribution in [0.2, 0.25) is 19.1 Å². The third kappa shape index (κ3) is 3.17. The molecule has 1 nitrogen and oxygen atoms in total. The fourth-order valence-electron chi connectivity index (χ4n) is 4.37. The highest BCUT2D eigenvalue weighted by Gasteiger charge is 2.36. The van der Waals surface area contributed by atoms with Gasteiger partial charge < -0.3 is 0 Å². The van der Waals surface area contributed by atoms with Crippen molar-refractivity contribution in [2.45, 2.75) is 50.9 Å². The van der Waals surface area contributed by atoms with E-state index in [0.717, 1.165) is 12.0 Å². The van der Waals surface area contributed by atoms with Gasteiger partial charge in [0.1, 0.15) is 0 Å². The van der Waals surface area contributed by atoms with Crippen LogP contribution in [-0.4, -0.2) is 32.6 Å². The first-order valence-corrected chi connectivity index (χ1v) is 11.7. The van der Waals surface area contributed by atoms with Gasteiger partial charge in [-0.15, -0.1) is 0 Å². The minimum atomic E-state index is -1.32. The second-order valence-corrected chi connectivity index (χ2v) is 12.3. The Morgan fingerprint density at radius 1 is 1.14 bits per heavy atom. The van der Waals surface area contributed by atoms with Crippen LogP contribution in [0.1, 0.15) is 25.7 Å². The van der Waals surface area contributed by atoms with Crippen LogP contribution >= 0.6 is 0 Å². The predicted molar refractivity (Wildman–Crippen MR) is 94.8 cm³/mol. The molecule has 1 aromatic rings. The Kier molecular flexibility index (Phi) is 4.37. The van der Waals surface area contributed by atoms with Gasteiger partial charge in [0.25, 0.3) is 0 Å². The van der Waals surface area contributed by atoms with Gasteiger partial charge in [0.05, 0.1) is 8.07 Å². The fourth-order valence-corrected chi connectivity index (χ4v) is 7.38. The summed E-state index contributed by atoms with van der Waals surface area (Å²) < 4.78 is 0. The molecule has 0 aromatic heterocycles. The van der Waals surface area contributed by atoms with E-state index in [1.54, 1.807) is 10.8 Å². The maximum atomic E-state index is 2.60. The summed E-state index contributed by atoms with van der Waals surface area (Å²) in [4.78, 5) is 2.60. The molecule has 0 amide bonds. The highest BCUT2D eigenvalue weighted by atomic mass is 28.3. The van der Waals surface area contributed by atoms with Crippen molar-refractivity contribution in [2.75, 3.05) is 13.6 Å². The molecule has 0 spiro atoms. The number of hydrogen-bond donors (Lipinski definition) is 0. The monoisotopic (exact) mass is 299 g/mol. The summed E-state index contributed by atoms with van der Waals surface area (Å²) in [5.41, 5.74) is 1.78. The number of likely N-dealkylation sites (N-methyl/N-ethyl adjacent to an activating group) is 1. The zero-order valence-corrected chi connectivity index (χ0v) is 14.8. The molecule has 21 heavy (non-hydrogen) atoms. The molecule has 1 aromatic carbocycles. The lowest BCUT2D eigenvalue weighted by Crippen LogP contribution is -2.47. The second-order valence-electron chi connectivity index (χ2n) is 7.57. The van der Waals surface area contributed by atoms with E-state index in [0.29, 0.717) is 0 Å². The second kappa shape index (κ2) is 6.10. The molecule has 1 aliphatic carbocycles. The zero-order valence-electron chi connectivity index (χ0n) is 13.8. The van der Waals surface area contributed by atoms with Crippen LogP contribution < -0.4 is 5.19 Å². The summed E-state index contributed by atoms with van der Waals surface area (Å²) in [6.45, 7) is 6.36. The first-order chi connectivity index (χ1) is 10.1. The normalized spacial score (nSPS) is 27.1. The maximum Gasteiger partial charge on any atom is 0.0812 e. The summed E-state index contributed by atoms with van der Waals surface area (Å²) in [6.07, 6.45) is 8.05. The minimum absolute atomic E-state index is 0.748. The van der Waals surface area contributed by atoms with E-state index in [1.807, 2.05) is 0 Å². The van der Waals surface area contributed by atoms with Crippen molar-refractivity contribution in [1.82, 2.24) is 4.90 Å². The van der Waals surface area contributed by atoms with Crippen molar-refractivity contribution in [3.63, 3.8) is 0 Å². The van der Waals surface area contributed by atoms with Crippen molar-refractivity contribution in [3.8, 4) is 0 Å². The van der Waals surface area contributed by atoms with E-state index in [9.17, 15) is 0 Å². The average Bonchev–Trinajstić information content (AvgIpc) is 2.49. The van der Waals surface area contributed by atoms with Gasteiger partial charge >= 0.3 is 0 Å². The van der Waals surface area contributed by atoms with Crippen LogP contribution in [0.3, 0.4) is 0 Å². The standard InChI is InChI=1S/C19H29NSi/c1-20-14-8-12-18-16(9-7-13-19(18)20)15-21(2,3)17-10-5-4-6-11-17/h4-6,10-12,16,19H,7-9,13-15H2,1-3H3/t16-,19+/m0/s1. The lowest BCUT2D eigenvalue weighted by molar-refractivity contribution is 0.209. The molecule has 114 valence electrons. The average molecular weight is 300 g/mol. The molecule has 2 aliphatic rings. The Balaban J connectivity index is 1.79. The Morgan fingerprint density at radius 2 is 1.90 bits per heavy atom. The number of hydrogen-bond acceptors (Lipinski definition) is 1. The van der Waals surface area contributed by atoms with E-state index in [2.05, 4.69) is 61.4 Å². The van der Waals surface area contributed by atoms with Crippen LogP contribution in [0.15, 0.2) is 42.0 Å². The van der Waals surface area contributed by atoms with E-state index in [1.165, 1.54) is 38.3 Å². The van der Waals surface area contributed by atoms with E-state index < -0.39 is 8.07 Å². The number of benzene rings is 1. The van der Waals surface area contributed by atoms with Crippen molar-refractivity contribution in [1.29, 1.82) is 0 Å². The van der Waals surface area contributed by atoms with Crippen molar-refractivity contribution >= 4 is 13.3 Å². The smallest absolute Gasteiger partial charge is 0.0812 e. The van der Waals surface area contributed by atoms with Gasteiger partial charge in [-0.2, -0.15) is 0 Å². The van der Waals surface area contributed by atoms with Crippen LogP contribution in [0.4, 0.5) is 0 Å². The molecule has 0 N–H and O–H groups in total. The Hall–Kier alpha value is -0.863. The molecule has 0 saturated heterocycles. The van der Waals surface area contributed by atoms with Crippen LogP contribution in [-0.2, 0) is 0 Å². The van der Waals surface area contributed by atoms with Crippen molar-refractivity contribution in [2.24, 2.45) is 5.92 Å². The van der Waals surface area contributed by atoms with Gasteiger partial charge in [-0.25, -0.2) is 0 Å². The minimum Gasteiger partial charge on any atom is -0.299 e. The van der Waals surface area contributed by atoms with Gasteiger partial charge in [0, 0.05) is 12.6 Å².